The van der Waals surface area contributed by atoms with Gasteiger partial charge in [0.25, 0.3) is 0 Å². The number of carbonyl (C=O) groups is 1. The Bertz CT molecular complexity index is 394. The summed E-state index contributed by atoms with van der Waals surface area (Å²) in [7, 11) is 0. The van der Waals surface area contributed by atoms with Crippen molar-refractivity contribution in [2.24, 2.45) is 5.41 Å². The number of aromatic nitrogens is 3. The largest absolute Gasteiger partial charge is 0.481 e. The number of carboxylic acids is 1. The quantitative estimate of drug-likeness (QED) is 0.849. The molecule has 0 spiro atoms. The molecule has 0 amide bonds. The van der Waals surface area contributed by atoms with E-state index in [2.05, 4.69) is 10.2 Å². The van der Waals surface area contributed by atoms with Crippen molar-refractivity contribution >= 4 is 5.97 Å². The van der Waals surface area contributed by atoms with E-state index in [1.807, 2.05) is 11.5 Å². The van der Waals surface area contributed by atoms with Crippen LogP contribution in [0.1, 0.15) is 44.9 Å². The van der Waals surface area contributed by atoms with Gasteiger partial charge in [-0.2, -0.15) is 0 Å². The van der Waals surface area contributed by atoms with Gasteiger partial charge in [0.2, 0.25) is 0 Å². The third kappa shape index (κ3) is 2.65. The first-order chi connectivity index (χ1) is 8.15. The lowest BCUT2D eigenvalue weighted by Gasteiger charge is -2.26. The predicted molar refractivity (Wildman–Crippen MR) is 62.6 cm³/mol. The van der Waals surface area contributed by atoms with Crippen LogP contribution in [0.5, 0.6) is 0 Å². The van der Waals surface area contributed by atoms with E-state index in [1.165, 1.54) is 0 Å². The van der Waals surface area contributed by atoms with Crippen molar-refractivity contribution in [3.63, 3.8) is 0 Å². The first kappa shape index (κ1) is 12.1. The van der Waals surface area contributed by atoms with E-state index in [1.54, 1.807) is 6.33 Å². The zero-order valence-corrected chi connectivity index (χ0v) is 10.2. The van der Waals surface area contributed by atoms with Gasteiger partial charge >= 0.3 is 5.97 Å². The number of rotatable bonds is 5. The molecular formula is C12H19N3O2. The van der Waals surface area contributed by atoms with Crippen molar-refractivity contribution in [3.05, 3.63) is 12.2 Å². The maximum absolute atomic E-state index is 11.0. The molecule has 1 heterocycles. The van der Waals surface area contributed by atoms with Gasteiger partial charge in [-0.1, -0.05) is 12.8 Å². The normalized spacial score (nSPS) is 18.4. The third-order valence-corrected chi connectivity index (χ3v) is 3.76. The van der Waals surface area contributed by atoms with Gasteiger partial charge in [0.15, 0.2) is 0 Å². The van der Waals surface area contributed by atoms with Crippen molar-refractivity contribution < 1.29 is 9.90 Å². The van der Waals surface area contributed by atoms with Crippen LogP contribution in [0.25, 0.3) is 0 Å². The molecule has 1 aromatic heterocycles. The van der Waals surface area contributed by atoms with Crippen molar-refractivity contribution in [2.45, 2.75) is 52.0 Å². The Kier molecular flexibility index (Phi) is 3.45. The van der Waals surface area contributed by atoms with Crippen LogP contribution in [0.2, 0.25) is 0 Å². The average molecular weight is 237 g/mol. The first-order valence-electron chi connectivity index (χ1n) is 6.24. The zero-order valence-electron chi connectivity index (χ0n) is 10.2. The zero-order chi connectivity index (χ0) is 12.3. The Morgan fingerprint density at radius 2 is 2.24 bits per heavy atom. The minimum atomic E-state index is -0.700. The maximum Gasteiger partial charge on any atom is 0.303 e. The second-order valence-electron chi connectivity index (χ2n) is 4.99. The topological polar surface area (TPSA) is 68.0 Å². The highest BCUT2D eigenvalue weighted by Crippen LogP contribution is 2.43. The standard InChI is InChI=1S/C12H19N3O2/c1-2-15-9-13-14-10(15)7-12(8-11(16)17)5-3-4-6-12/h9H,2-8H2,1H3,(H,16,17). The van der Waals surface area contributed by atoms with Crippen LogP contribution in [0.4, 0.5) is 0 Å². The van der Waals surface area contributed by atoms with E-state index in [0.717, 1.165) is 44.5 Å². The highest BCUT2D eigenvalue weighted by molar-refractivity contribution is 5.67. The van der Waals surface area contributed by atoms with Crippen LogP contribution in [0, 0.1) is 5.41 Å². The van der Waals surface area contributed by atoms with Gasteiger partial charge in [-0.05, 0) is 25.2 Å². The highest BCUT2D eigenvalue weighted by Gasteiger charge is 2.37. The molecule has 0 saturated heterocycles. The molecule has 0 aromatic carbocycles. The summed E-state index contributed by atoms with van der Waals surface area (Å²) in [6, 6.07) is 0. The van der Waals surface area contributed by atoms with Gasteiger partial charge < -0.3 is 9.67 Å². The number of carboxylic acid groups (broad SMARTS) is 1. The molecule has 1 fully saturated rings. The average Bonchev–Trinajstić information content (AvgIpc) is 2.87. The molecule has 1 saturated carbocycles. The molecule has 1 aliphatic rings. The fraction of sp³-hybridized carbons (Fsp3) is 0.750. The molecule has 1 aromatic rings. The molecule has 5 nitrogen and oxygen atoms in total. The Labute approximate surface area is 101 Å². The maximum atomic E-state index is 11.0. The van der Waals surface area contributed by atoms with Crippen LogP contribution in [-0.2, 0) is 17.8 Å². The predicted octanol–water partition coefficient (Wildman–Crippen LogP) is 1.88. The number of nitrogens with zero attached hydrogens (tertiary/aromatic N) is 3. The SMILES string of the molecule is CCn1cnnc1CC1(CC(=O)O)CCCC1. The summed E-state index contributed by atoms with van der Waals surface area (Å²) in [6.07, 6.45) is 6.97. The number of hydrogen-bond acceptors (Lipinski definition) is 3. The Morgan fingerprint density at radius 3 is 2.82 bits per heavy atom. The van der Waals surface area contributed by atoms with E-state index < -0.39 is 5.97 Å². The number of aliphatic carboxylic acids is 1. The van der Waals surface area contributed by atoms with Crippen LogP contribution in [0.15, 0.2) is 6.33 Å². The molecule has 0 atom stereocenters. The summed E-state index contributed by atoms with van der Waals surface area (Å²) >= 11 is 0. The first-order valence-corrected chi connectivity index (χ1v) is 6.24. The summed E-state index contributed by atoms with van der Waals surface area (Å²) in [4.78, 5) is 11.0. The molecule has 5 heteroatoms. The van der Waals surface area contributed by atoms with E-state index >= 15 is 0 Å². The molecule has 94 valence electrons. The molecule has 0 aliphatic heterocycles. The van der Waals surface area contributed by atoms with Gasteiger partial charge in [-0.3, -0.25) is 4.79 Å². The van der Waals surface area contributed by atoms with Crippen molar-refractivity contribution in [3.8, 4) is 0 Å². The molecule has 2 rings (SSSR count). The molecule has 1 aliphatic carbocycles. The van der Waals surface area contributed by atoms with E-state index in [-0.39, 0.29) is 11.8 Å². The summed E-state index contributed by atoms with van der Waals surface area (Å²) in [5.41, 5.74) is -0.0915. The van der Waals surface area contributed by atoms with Gasteiger partial charge in [0.05, 0.1) is 6.42 Å². The Morgan fingerprint density at radius 1 is 1.53 bits per heavy atom. The summed E-state index contributed by atoms with van der Waals surface area (Å²) < 4.78 is 2.00. The number of aryl methyl sites for hydroxylation is 1. The molecular weight excluding hydrogens is 218 g/mol. The lowest BCUT2D eigenvalue weighted by Crippen LogP contribution is -2.25. The fourth-order valence-corrected chi connectivity index (χ4v) is 2.88. The van der Waals surface area contributed by atoms with Gasteiger partial charge in [-0.25, -0.2) is 0 Å². The van der Waals surface area contributed by atoms with E-state index in [9.17, 15) is 4.79 Å². The van der Waals surface area contributed by atoms with Gasteiger partial charge in [0.1, 0.15) is 12.2 Å². The molecule has 1 N–H and O–H groups in total. The fourth-order valence-electron chi connectivity index (χ4n) is 2.88. The molecule has 0 radical (unpaired) electrons. The summed E-state index contributed by atoms with van der Waals surface area (Å²) in [6.45, 7) is 2.89. The second-order valence-corrected chi connectivity index (χ2v) is 4.99. The Hall–Kier alpha value is -1.39. The lowest BCUT2D eigenvalue weighted by molar-refractivity contribution is -0.139. The van der Waals surface area contributed by atoms with E-state index in [0.29, 0.717) is 0 Å². The van der Waals surface area contributed by atoms with Crippen LogP contribution < -0.4 is 0 Å². The minimum absolute atomic E-state index is 0.0915. The smallest absolute Gasteiger partial charge is 0.303 e. The van der Waals surface area contributed by atoms with Gasteiger partial charge in [0, 0.05) is 13.0 Å². The van der Waals surface area contributed by atoms with Crippen molar-refractivity contribution in [2.75, 3.05) is 0 Å². The third-order valence-electron chi connectivity index (χ3n) is 3.76. The monoisotopic (exact) mass is 237 g/mol. The van der Waals surface area contributed by atoms with E-state index in [4.69, 9.17) is 5.11 Å². The number of hydrogen-bond donors (Lipinski definition) is 1. The summed E-state index contributed by atoms with van der Waals surface area (Å²) in [5, 5.41) is 17.1. The van der Waals surface area contributed by atoms with Crippen LogP contribution in [-0.4, -0.2) is 25.8 Å². The van der Waals surface area contributed by atoms with Crippen molar-refractivity contribution in [1.29, 1.82) is 0 Å². The molecule has 17 heavy (non-hydrogen) atoms. The molecule has 0 bridgehead atoms. The lowest BCUT2D eigenvalue weighted by atomic mass is 9.79. The molecule has 0 unspecified atom stereocenters. The Balaban J connectivity index is 2.15. The van der Waals surface area contributed by atoms with Crippen molar-refractivity contribution in [1.82, 2.24) is 14.8 Å². The second kappa shape index (κ2) is 4.85. The van der Waals surface area contributed by atoms with Crippen LogP contribution >= 0.6 is 0 Å². The highest BCUT2D eigenvalue weighted by atomic mass is 16.4. The summed E-state index contributed by atoms with van der Waals surface area (Å²) in [5.74, 6) is 0.227. The minimum Gasteiger partial charge on any atom is -0.481 e. The van der Waals surface area contributed by atoms with Gasteiger partial charge in [-0.15, -0.1) is 10.2 Å². The van der Waals surface area contributed by atoms with Crippen LogP contribution in [0.3, 0.4) is 0 Å².